The van der Waals surface area contributed by atoms with E-state index in [1.165, 1.54) is 42.7 Å². The lowest BCUT2D eigenvalue weighted by Gasteiger charge is -2.43. The molecule has 44 heavy (non-hydrogen) atoms. The SMILES string of the molecule is CC(C)(C)[Si](Oc1ccc2c(Oc3ccc(OCCN4CCCCC4)cc3)c(Br)sc2c1)(c1ccccc1)c1ccccc1. The van der Waals surface area contributed by atoms with Gasteiger partial charge in [0.1, 0.15) is 27.6 Å². The molecule has 0 unspecified atom stereocenters. The molecule has 0 spiro atoms. The van der Waals surface area contributed by atoms with Crippen LogP contribution < -0.4 is 24.3 Å². The number of nitrogens with zero attached hydrogens (tertiary/aromatic N) is 1. The van der Waals surface area contributed by atoms with Crippen LogP contribution in [0.2, 0.25) is 5.04 Å². The Balaban J connectivity index is 1.22. The summed E-state index contributed by atoms with van der Waals surface area (Å²) in [6.45, 7) is 11.0. The molecular weight excluding hydrogens is 646 g/mol. The second kappa shape index (κ2) is 13.5. The predicted octanol–water partition coefficient (Wildman–Crippen LogP) is 9.26. The maximum atomic E-state index is 7.27. The Hall–Kier alpha value is -3.10. The molecule has 1 aromatic heterocycles. The molecule has 1 fully saturated rings. The molecule has 0 N–H and O–H groups in total. The van der Waals surface area contributed by atoms with Gasteiger partial charge in [-0.1, -0.05) is 87.9 Å². The Kier molecular flexibility index (Phi) is 9.47. The highest BCUT2D eigenvalue weighted by atomic mass is 79.9. The van der Waals surface area contributed by atoms with E-state index in [2.05, 4.69) is 120 Å². The average Bonchev–Trinajstić information content (AvgIpc) is 3.35. The molecule has 0 amide bonds. The fourth-order valence-electron chi connectivity index (χ4n) is 6.21. The number of rotatable bonds is 10. The van der Waals surface area contributed by atoms with Crippen molar-refractivity contribution < 1.29 is 13.9 Å². The highest BCUT2D eigenvalue weighted by Gasteiger charge is 2.52. The highest BCUT2D eigenvalue weighted by molar-refractivity contribution is 9.11. The topological polar surface area (TPSA) is 30.9 Å². The Morgan fingerprint density at radius 1 is 0.750 bits per heavy atom. The van der Waals surface area contributed by atoms with Crippen molar-refractivity contribution in [2.24, 2.45) is 0 Å². The van der Waals surface area contributed by atoms with E-state index in [-0.39, 0.29) is 5.04 Å². The molecular formula is C37H40BrNO3SSi. The van der Waals surface area contributed by atoms with Crippen molar-refractivity contribution in [2.75, 3.05) is 26.2 Å². The van der Waals surface area contributed by atoms with E-state index in [0.717, 1.165) is 43.4 Å². The maximum Gasteiger partial charge on any atom is 0.319 e. The van der Waals surface area contributed by atoms with Gasteiger partial charge in [0.25, 0.3) is 0 Å². The van der Waals surface area contributed by atoms with Crippen molar-refractivity contribution in [1.82, 2.24) is 4.90 Å². The summed E-state index contributed by atoms with van der Waals surface area (Å²) in [4.78, 5) is 2.49. The molecule has 0 saturated carbocycles. The zero-order valence-corrected chi connectivity index (χ0v) is 29.1. The third-order valence-electron chi connectivity index (χ3n) is 8.43. The fraction of sp³-hybridized carbons (Fsp3) is 0.297. The zero-order valence-electron chi connectivity index (χ0n) is 25.7. The minimum atomic E-state index is -2.72. The number of hydrogen-bond donors (Lipinski definition) is 0. The van der Waals surface area contributed by atoms with Crippen LogP contribution in [0.3, 0.4) is 0 Å². The standard InChI is InChI=1S/C37H40BrNO3SSi/c1-37(2,3)44(31-13-7-4-8-14-31,32-15-9-5-10-16-32)42-30-21-22-33-34(27-30)43-36(38)35(33)41-29-19-17-28(18-20-29)40-26-25-39-23-11-6-12-24-39/h4-5,7-10,13-22,27H,6,11-12,23-26H2,1-3H3. The van der Waals surface area contributed by atoms with Gasteiger partial charge in [-0.05, 0) is 99.7 Å². The van der Waals surface area contributed by atoms with Crippen LogP contribution in [0.25, 0.3) is 10.1 Å². The molecule has 0 aliphatic carbocycles. The molecule has 0 radical (unpaired) electrons. The molecule has 4 aromatic carbocycles. The second-order valence-electron chi connectivity index (χ2n) is 12.5. The van der Waals surface area contributed by atoms with Gasteiger partial charge < -0.3 is 13.9 Å². The van der Waals surface area contributed by atoms with Gasteiger partial charge in [0.15, 0.2) is 5.75 Å². The predicted molar refractivity (Wildman–Crippen MR) is 190 cm³/mol. The number of halogens is 1. The van der Waals surface area contributed by atoms with Gasteiger partial charge in [-0.2, -0.15) is 0 Å². The summed E-state index contributed by atoms with van der Waals surface area (Å²) in [6, 6.07) is 35.8. The van der Waals surface area contributed by atoms with Crippen molar-refractivity contribution in [3.05, 3.63) is 107 Å². The van der Waals surface area contributed by atoms with Gasteiger partial charge in [0.2, 0.25) is 0 Å². The van der Waals surface area contributed by atoms with Crippen LogP contribution in [0.5, 0.6) is 23.0 Å². The van der Waals surface area contributed by atoms with Crippen LogP contribution >= 0.6 is 27.3 Å². The zero-order chi connectivity index (χ0) is 30.6. The Labute approximate surface area is 274 Å². The number of fused-ring (bicyclic) bond motifs is 1. The summed E-state index contributed by atoms with van der Waals surface area (Å²) >= 11 is 5.44. The van der Waals surface area contributed by atoms with Gasteiger partial charge in [-0.25, -0.2) is 0 Å². The first kappa shape index (κ1) is 30.9. The van der Waals surface area contributed by atoms with Crippen LogP contribution in [0.1, 0.15) is 40.0 Å². The number of benzene rings is 4. The number of piperidine rings is 1. The van der Waals surface area contributed by atoms with Crippen molar-refractivity contribution in [3.8, 4) is 23.0 Å². The minimum absolute atomic E-state index is 0.113. The minimum Gasteiger partial charge on any atom is -0.534 e. The Bertz CT molecular complexity index is 1620. The Morgan fingerprint density at radius 2 is 1.34 bits per heavy atom. The molecule has 5 aromatic rings. The summed E-state index contributed by atoms with van der Waals surface area (Å²) in [5.74, 6) is 3.34. The molecule has 1 aliphatic rings. The summed E-state index contributed by atoms with van der Waals surface area (Å²) in [5.41, 5.74) is 0. The lowest BCUT2D eigenvalue weighted by molar-refractivity contribution is 0.183. The van der Waals surface area contributed by atoms with Crippen LogP contribution in [0, 0.1) is 0 Å². The molecule has 0 bridgehead atoms. The molecule has 228 valence electrons. The number of thiophene rings is 1. The summed E-state index contributed by atoms with van der Waals surface area (Å²) in [6.07, 6.45) is 3.95. The third-order valence-corrected chi connectivity index (χ3v) is 15.1. The molecule has 1 aliphatic heterocycles. The maximum absolute atomic E-state index is 7.27. The van der Waals surface area contributed by atoms with E-state index in [1.54, 1.807) is 11.3 Å². The van der Waals surface area contributed by atoms with Crippen LogP contribution in [-0.4, -0.2) is 39.5 Å². The molecule has 6 rings (SSSR count). The normalized spacial score (nSPS) is 14.5. The van der Waals surface area contributed by atoms with E-state index in [0.29, 0.717) is 6.61 Å². The first-order chi connectivity index (χ1) is 21.3. The van der Waals surface area contributed by atoms with E-state index in [9.17, 15) is 0 Å². The first-order valence-electron chi connectivity index (χ1n) is 15.5. The van der Waals surface area contributed by atoms with Crippen molar-refractivity contribution in [1.29, 1.82) is 0 Å². The number of likely N-dealkylation sites (tertiary alicyclic amines) is 1. The largest absolute Gasteiger partial charge is 0.534 e. The van der Waals surface area contributed by atoms with Crippen LogP contribution in [0.4, 0.5) is 0 Å². The Morgan fingerprint density at radius 3 is 1.95 bits per heavy atom. The second-order valence-corrected chi connectivity index (χ2v) is 19.0. The van der Waals surface area contributed by atoms with Crippen molar-refractivity contribution in [2.45, 2.75) is 45.1 Å². The number of ether oxygens (including phenoxy) is 2. The summed E-state index contributed by atoms with van der Waals surface area (Å²) < 4.78 is 21.8. The monoisotopic (exact) mass is 685 g/mol. The van der Waals surface area contributed by atoms with E-state index >= 15 is 0 Å². The molecule has 2 heterocycles. The van der Waals surface area contributed by atoms with Gasteiger partial charge in [-0.3, -0.25) is 4.90 Å². The van der Waals surface area contributed by atoms with Gasteiger partial charge in [0, 0.05) is 16.6 Å². The molecule has 1 saturated heterocycles. The van der Waals surface area contributed by atoms with E-state index in [1.807, 2.05) is 24.3 Å². The van der Waals surface area contributed by atoms with Gasteiger partial charge in [-0.15, -0.1) is 11.3 Å². The summed E-state index contributed by atoms with van der Waals surface area (Å²) in [5, 5.41) is 3.46. The van der Waals surface area contributed by atoms with Crippen LogP contribution in [-0.2, 0) is 0 Å². The quantitative estimate of drug-likeness (QED) is 0.137. The molecule has 7 heteroatoms. The van der Waals surface area contributed by atoms with Crippen LogP contribution in [0.15, 0.2) is 107 Å². The lowest BCUT2D eigenvalue weighted by atomic mass is 10.1. The molecule has 0 atom stereocenters. The molecule has 4 nitrogen and oxygen atoms in total. The van der Waals surface area contributed by atoms with Crippen molar-refractivity contribution in [3.63, 3.8) is 0 Å². The van der Waals surface area contributed by atoms with E-state index < -0.39 is 8.32 Å². The smallest absolute Gasteiger partial charge is 0.319 e. The van der Waals surface area contributed by atoms with Gasteiger partial charge in [0.05, 0.1) is 0 Å². The first-order valence-corrected chi connectivity index (χ1v) is 19.0. The van der Waals surface area contributed by atoms with Crippen molar-refractivity contribution >= 4 is 56.0 Å². The van der Waals surface area contributed by atoms with Gasteiger partial charge >= 0.3 is 8.32 Å². The lowest BCUT2D eigenvalue weighted by Crippen LogP contribution is -2.68. The fourth-order valence-corrected chi connectivity index (χ4v) is 12.3. The highest BCUT2D eigenvalue weighted by Crippen LogP contribution is 2.46. The van der Waals surface area contributed by atoms with E-state index in [4.69, 9.17) is 13.9 Å². The number of hydrogen-bond acceptors (Lipinski definition) is 5. The third kappa shape index (κ3) is 6.61. The summed E-state index contributed by atoms with van der Waals surface area (Å²) in [7, 11) is -2.72. The average molecular weight is 687 g/mol.